The molecule has 0 bridgehead atoms. The van der Waals surface area contributed by atoms with Crippen LogP contribution in [-0.2, 0) is 13.2 Å². The Balaban J connectivity index is 1.57. The standard InChI is InChI=1S/C24H20ClF2N3O5/c1-24(2,34)22(32)30-18-6-3-13(9-17(18)28-23(30)33)11-29-8-7-19(20(25)21(29)31)35-12-14-4-5-15(26)10-16(14)27/h3-10,34H,11-12H2,1-2H3,(H,28,33). The van der Waals surface area contributed by atoms with E-state index in [0.29, 0.717) is 11.1 Å². The van der Waals surface area contributed by atoms with Gasteiger partial charge in [-0.05, 0) is 49.7 Å². The highest BCUT2D eigenvalue weighted by Gasteiger charge is 2.28. The number of aromatic nitrogens is 3. The number of hydrogen-bond acceptors (Lipinski definition) is 5. The second-order valence-corrected chi connectivity index (χ2v) is 8.81. The first-order valence-corrected chi connectivity index (χ1v) is 10.8. The van der Waals surface area contributed by atoms with Crippen molar-refractivity contribution in [3.63, 3.8) is 0 Å². The van der Waals surface area contributed by atoms with E-state index in [-0.39, 0.29) is 35.0 Å². The minimum absolute atomic E-state index is 0.0404. The summed E-state index contributed by atoms with van der Waals surface area (Å²) in [6.45, 7) is 2.41. The van der Waals surface area contributed by atoms with E-state index in [0.717, 1.165) is 16.7 Å². The molecule has 0 atom stereocenters. The number of carbonyl (C=O) groups excluding carboxylic acids is 1. The number of hydrogen-bond donors (Lipinski definition) is 2. The number of fused-ring (bicyclic) bond motifs is 1. The predicted octanol–water partition coefficient (Wildman–Crippen LogP) is 3.46. The quantitative estimate of drug-likeness (QED) is 0.419. The van der Waals surface area contributed by atoms with Crippen LogP contribution in [0.3, 0.4) is 0 Å². The fourth-order valence-electron chi connectivity index (χ4n) is 3.49. The maximum atomic E-state index is 13.8. The van der Waals surface area contributed by atoms with Crippen molar-refractivity contribution < 1.29 is 23.4 Å². The van der Waals surface area contributed by atoms with E-state index < -0.39 is 34.4 Å². The smallest absolute Gasteiger partial charge is 0.333 e. The summed E-state index contributed by atoms with van der Waals surface area (Å²) in [4.78, 5) is 40.0. The summed E-state index contributed by atoms with van der Waals surface area (Å²) in [6, 6.07) is 9.29. The number of aromatic amines is 1. The van der Waals surface area contributed by atoms with Crippen molar-refractivity contribution in [1.82, 2.24) is 14.1 Å². The lowest BCUT2D eigenvalue weighted by atomic mass is 10.1. The van der Waals surface area contributed by atoms with Crippen LogP contribution < -0.4 is 16.0 Å². The number of ether oxygens (including phenoxy) is 1. The Labute approximate surface area is 202 Å². The van der Waals surface area contributed by atoms with Crippen LogP contribution in [0.1, 0.15) is 29.8 Å². The van der Waals surface area contributed by atoms with Gasteiger partial charge in [-0.2, -0.15) is 0 Å². The molecule has 0 unspecified atom stereocenters. The number of nitrogens with zero attached hydrogens (tertiary/aromatic N) is 2. The van der Waals surface area contributed by atoms with Crippen LogP contribution in [0.2, 0.25) is 5.02 Å². The molecule has 4 aromatic rings. The molecule has 0 spiro atoms. The summed E-state index contributed by atoms with van der Waals surface area (Å²) in [6.07, 6.45) is 1.44. The topological polar surface area (TPSA) is 106 Å². The van der Waals surface area contributed by atoms with Gasteiger partial charge < -0.3 is 19.4 Å². The number of pyridine rings is 1. The number of benzene rings is 2. The van der Waals surface area contributed by atoms with Gasteiger partial charge in [0.25, 0.3) is 11.5 Å². The van der Waals surface area contributed by atoms with E-state index in [2.05, 4.69) is 4.98 Å². The van der Waals surface area contributed by atoms with Crippen molar-refractivity contribution in [2.24, 2.45) is 0 Å². The molecule has 2 aromatic carbocycles. The Kier molecular flexibility index (Phi) is 6.35. The molecular formula is C24H20ClF2N3O5. The fraction of sp³-hybridized carbons (Fsp3) is 0.208. The van der Waals surface area contributed by atoms with Crippen molar-refractivity contribution >= 4 is 28.5 Å². The van der Waals surface area contributed by atoms with E-state index in [4.69, 9.17) is 16.3 Å². The van der Waals surface area contributed by atoms with Gasteiger partial charge in [-0.25, -0.2) is 18.1 Å². The maximum absolute atomic E-state index is 13.8. The molecule has 182 valence electrons. The second kappa shape index (κ2) is 9.12. The van der Waals surface area contributed by atoms with E-state index in [1.165, 1.54) is 42.8 Å². The molecule has 2 heterocycles. The molecule has 2 aromatic heterocycles. The van der Waals surface area contributed by atoms with Gasteiger partial charge >= 0.3 is 5.69 Å². The normalized spacial score (nSPS) is 11.7. The van der Waals surface area contributed by atoms with Crippen LogP contribution in [0.5, 0.6) is 5.75 Å². The van der Waals surface area contributed by atoms with Crippen LogP contribution in [0.25, 0.3) is 11.0 Å². The minimum atomic E-state index is -1.74. The molecule has 0 aliphatic carbocycles. The third-order valence-electron chi connectivity index (χ3n) is 5.30. The van der Waals surface area contributed by atoms with Gasteiger partial charge in [-0.3, -0.25) is 9.59 Å². The first kappa shape index (κ1) is 24.4. The van der Waals surface area contributed by atoms with Gasteiger partial charge in [0.05, 0.1) is 17.6 Å². The van der Waals surface area contributed by atoms with E-state index in [1.807, 2.05) is 0 Å². The van der Waals surface area contributed by atoms with Gasteiger partial charge in [0.1, 0.15) is 34.6 Å². The lowest BCUT2D eigenvalue weighted by molar-refractivity contribution is 0.0393. The van der Waals surface area contributed by atoms with Crippen LogP contribution in [0.4, 0.5) is 8.78 Å². The molecule has 0 aliphatic rings. The van der Waals surface area contributed by atoms with Crippen LogP contribution in [0.15, 0.2) is 58.3 Å². The number of carbonyl (C=O) groups is 1. The number of aliphatic hydroxyl groups is 1. The summed E-state index contributed by atoms with van der Waals surface area (Å²) in [7, 11) is 0. The highest BCUT2D eigenvalue weighted by molar-refractivity contribution is 6.31. The second-order valence-electron chi connectivity index (χ2n) is 8.43. The largest absolute Gasteiger partial charge is 0.487 e. The number of imidazole rings is 1. The zero-order valence-corrected chi connectivity index (χ0v) is 19.4. The molecule has 0 aliphatic heterocycles. The average molecular weight is 504 g/mol. The molecule has 8 nitrogen and oxygen atoms in total. The lowest BCUT2D eigenvalue weighted by Crippen LogP contribution is -2.40. The molecule has 2 N–H and O–H groups in total. The Bertz CT molecular complexity index is 1570. The molecule has 0 fully saturated rings. The summed E-state index contributed by atoms with van der Waals surface area (Å²) < 4.78 is 34.5. The zero-order chi connectivity index (χ0) is 25.5. The Hall–Kier alpha value is -3.76. The van der Waals surface area contributed by atoms with Gasteiger partial charge in [0, 0.05) is 17.8 Å². The summed E-state index contributed by atoms with van der Waals surface area (Å²) in [5.74, 6) is -2.23. The maximum Gasteiger partial charge on any atom is 0.333 e. The Morgan fingerprint density at radius 2 is 1.89 bits per heavy atom. The first-order chi connectivity index (χ1) is 16.5. The third-order valence-corrected chi connectivity index (χ3v) is 5.64. The van der Waals surface area contributed by atoms with E-state index in [9.17, 15) is 28.3 Å². The summed E-state index contributed by atoms with van der Waals surface area (Å²) in [5, 5.41) is 9.76. The van der Waals surface area contributed by atoms with Crippen molar-refractivity contribution in [2.75, 3.05) is 0 Å². The van der Waals surface area contributed by atoms with Crippen molar-refractivity contribution in [3.05, 3.63) is 97.3 Å². The molecule has 0 radical (unpaired) electrons. The van der Waals surface area contributed by atoms with Crippen molar-refractivity contribution in [2.45, 2.75) is 32.6 Å². The fourth-order valence-corrected chi connectivity index (χ4v) is 3.72. The highest BCUT2D eigenvalue weighted by Crippen LogP contribution is 2.23. The number of halogens is 3. The van der Waals surface area contributed by atoms with Crippen LogP contribution in [-0.4, -0.2) is 30.7 Å². The minimum Gasteiger partial charge on any atom is -0.487 e. The predicted molar refractivity (Wildman–Crippen MR) is 125 cm³/mol. The monoisotopic (exact) mass is 503 g/mol. The molecule has 0 amide bonds. The van der Waals surface area contributed by atoms with Crippen LogP contribution in [0, 0.1) is 11.6 Å². The Morgan fingerprint density at radius 1 is 1.14 bits per heavy atom. The lowest BCUT2D eigenvalue weighted by Gasteiger charge is -2.15. The Morgan fingerprint density at radius 3 is 2.57 bits per heavy atom. The van der Waals surface area contributed by atoms with E-state index >= 15 is 0 Å². The average Bonchev–Trinajstić information content (AvgIpc) is 3.11. The van der Waals surface area contributed by atoms with E-state index in [1.54, 1.807) is 12.1 Å². The molecular weight excluding hydrogens is 484 g/mol. The summed E-state index contributed by atoms with van der Waals surface area (Å²) in [5.41, 5.74) is -1.63. The molecule has 11 heteroatoms. The van der Waals surface area contributed by atoms with Gasteiger partial charge in [-0.15, -0.1) is 0 Å². The highest BCUT2D eigenvalue weighted by atomic mass is 35.5. The molecule has 0 saturated carbocycles. The van der Waals surface area contributed by atoms with Gasteiger partial charge in [-0.1, -0.05) is 17.7 Å². The van der Waals surface area contributed by atoms with Gasteiger partial charge in [0.15, 0.2) is 0 Å². The van der Waals surface area contributed by atoms with Crippen LogP contribution >= 0.6 is 11.6 Å². The molecule has 35 heavy (non-hydrogen) atoms. The molecule has 0 saturated heterocycles. The summed E-state index contributed by atoms with van der Waals surface area (Å²) >= 11 is 6.17. The number of H-pyrrole nitrogens is 1. The van der Waals surface area contributed by atoms with Crippen molar-refractivity contribution in [3.8, 4) is 5.75 Å². The third kappa shape index (κ3) is 4.89. The SMILES string of the molecule is CC(C)(O)C(=O)n1c(=O)[nH]c2cc(Cn3ccc(OCc4ccc(F)cc4F)c(Cl)c3=O)ccc21. The van der Waals surface area contributed by atoms with Crippen molar-refractivity contribution in [1.29, 1.82) is 0 Å². The first-order valence-electron chi connectivity index (χ1n) is 10.4. The van der Waals surface area contributed by atoms with Gasteiger partial charge in [0.2, 0.25) is 0 Å². The number of rotatable bonds is 6. The number of nitrogens with one attached hydrogen (secondary N) is 1. The zero-order valence-electron chi connectivity index (χ0n) is 18.6. The molecule has 4 rings (SSSR count).